The Bertz CT molecular complexity index is 1160. The Labute approximate surface area is 288 Å². The Morgan fingerprint density at radius 3 is 1.79 bits per heavy atom. The molecule has 2 aromatic carbocycles. The number of unbranched alkanes of at least 4 members (excludes halogenated alkanes) is 9. The number of benzene rings is 2. The summed E-state index contributed by atoms with van der Waals surface area (Å²) in [6, 6.07) is 19.2. The smallest absolute Gasteiger partial charge is 0.217 e. The first-order valence-electron chi connectivity index (χ1n) is 17.8. The van der Waals surface area contributed by atoms with Crippen LogP contribution in [0.25, 0.3) is 0 Å². The number of ether oxygens (including phenoxy) is 2. The van der Waals surface area contributed by atoms with Crippen molar-refractivity contribution >= 4 is 10.4 Å². The van der Waals surface area contributed by atoms with Crippen LogP contribution in [0.3, 0.4) is 0 Å². The van der Waals surface area contributed by atoms with E-state index in [-0.39, 0.29) is 12.0 Å². The van der Waals surface area contributed by atoms with Crippen LogP contribution in [0.2, 0.25) is 0 Å². The number of hydrogen-bond acceptors (Lipinski definition) is 6. The van der Waals surface area contributed by atoms with E-state index in [1.165, 1.54) is 56.1 Å². The van der Waals surface area contributed by atoms with Gasteiger partial charge in [-0.2, -0.15) is 0 Å². The lowest BCUT2D eigenvalue weighted by molar-refractivity contribution is -0.904. The van der Waals surface area contributed by atoms with Crippen molar-refractivity contribution in [3.8, 4) is 5.75 Å². The molecule has 0 bridgehead atoms. The second kappa shape index (κ2) is 22.6. The molecule has 2 aromatic rings. The fourth-order valence-electron chi connectivity index (χ4n) is 5.97. The Morgan fingerprint density at radius 2 is 1.26 bits per heavy atom. The molecule has 0 atom stereocenters. The summed E-state index contributed by atoms with van der Waals surface area (Å²) in [5, 5.41) is 0. The van der Waals surface area contributed by atoms with E-state index in [0.29, 0.717) is 25.0 Å². The summed E-state index contributed by atoms with van der Waals surface area (Å²) in [7, 11) is 0.00682. The van der Waals surface area contributed by atoms with Gasteiger partial charge in [-0.3, -0.25) is 4.18 Å². The fourth-order valence-corrected chi connectivity index (χ4v) is 6.29. The minimum absolute atomic E-state index is 0.0301. The molecule has 0 fully saturated rings. The van der Waals surface area contributed by atoms with Crippen LogP contribution in [0.5, 0.6) is 5.75 Å². The lowest BCUT2D eigenvalue weighted by Crippen LogP contribution is -2.41. The molecular weight excluding hydrogens is 610 g/mol. The molecule has 0 aliphatic carbocycles. The van der Waals surface area contributed by atoms with Crippen molar-refractivity contribution in [2.75, 3.05) is 47.1 Å². The van der Waals surface area contributed by atoms with Gasteiger partial charge in [0.15, 0.2) is 0 Å². The third kappa shape index (κ3) is 23.9. The largest absolute Gasteiger partial charge is 0.726 e. The topological polar surface area (TPSA) is 84.9 Å². The SMILES string of the molecule is CC(C)(C)CC(C)(C)c1ccc(OCCOCC[N+](C)(C)Cc2ccccc2)cc1.CCCCCCCCCCCCOS(=O)(=O)[O-]. The fraction of sp³-hybridized carbons (Fsp3) is 0.692. The van der Waals surface area contributed by atoms with Gasteiger partial charge in [-0.25, -0.2) is 8.42 Å². The van der Waals surface area contributed by atoms with Crippen LogP contribution < -0.4 is 4.74 Å². The van der Waals surface area contributed by atoms with Gasteiger partial charge in [-0.05, 0) is 41.4 Å². The summed E-state index contributed by atoms with van der Waals surface area (Å²) in [6.45, 7) is 17.7. The Balaban J connectivity index is 0.000000554. The van der Waals surface area contributed by atoms with Crippen molar-refractivity contribution in [2.45, 2.75) is 124 Å². The number of rotatable bonds is 23. The van der Waals surface area contributed by atoms with Crippen LogP contribution in [0, 0.1) is 5.41 Å². The van der Waals surface area contributed by atoms with Crippen LogP contribution in [-0.2, 0) is 31.3 Å². The molecule has 0 aromatic heterocycles. The van der Waals surface area contributed by atoms with E-state index in [0.717, 1.165) is 49.2 Å². The molecular formula is C39H67NO6S. The lowest BCUT2D eigenvalue weighted by Gasteiger charge is -2.33. The summed E-state index contributed by atoms with van der Waals surface area (Å²) in [5.74, 6) is 0.911. The minimum Gasteiger partial charge on any atom is -0.726 e. The van der Waals surface area contributed by atoms with Gasteiger partial charge in [0.2, 0.25) is 10.4 Å². The molecule has 0 amide bonds. The van der Waals surface area contributed by atoms with E-state index in [1.807, 2.05) is 0 Å². The van der Waals surface area contributed by atoms with Gasteiger partial charge in [-0.1, -0.05) is 142 Å². The number of quaternary nitrogens is 1. The molecule has 0 spiro atoms. The van der Waals surface area contributed by atoms with Crippen LogP contribution in [-0.4, -0.2) is 64.5 Å². The highest BCUT2D eigenvalue weighted by atomic mass is 32.3. The van der Waals surface area contributed by atoms with E-state index in [9.17, 15) is 13.0 Å². The maximum atomic E-state index is 10.1. The maximum absolute atomic E-state index is 10.1. The van der Waals surface area contributed by atoms with Crippen molar-refractivity contribution in [3.05, 3.63) is 65.7 Å². The van der Waals surface area contributed by atoms with Crippen molar-refractivity contribution in [2.24, 2.45) is 5.41 Å². The molecule has 7 nitrogen and oxygen atoms in total. The molecule has 0 saturated carbocycles. The summed E-state index contributed by atoms with van der Waals surface area (Å²) < 4.78 is 47.1. The molecule has 0 saturated heterocycles. The van der Waals surface area contributed by atoms with Crippen molar-refractivity contribution < 1.29 is 31.1 Å². The van der Waals surface area contributed by atoms with Crippen molar-refractivity contribution in [3.63, 3.8) is 0 Å². The van der Waals surface area contributed by atoms with Gasteiger partial charge in [0, 0.05) is 5.56 Å². The predicted molar refractivity (Wildman–Crippen MR) is 194 cm³/mol. The van der Waals surface area contributed by atoms with E-state index in [1.54, 1.807) is 0 Å². The number of nitrogens with zero attached hydrogens (tertiary/aromatic N) is 1. The van der Waals surface area contributed by atoms with Gasteiger partial charge in [0.1, 0.15) is 25.4 Å². The average molecular weight is 678 g/mol. The van der Waals surface area contributed by atoms with Gasteiger partial charge >= 0.3 is 0 Å². The molecule has 0 unspecified atom stereocenters. The molecule has 0 aliphatic heterocycles. The van der Waals surface area contributed by atoms with Gasteiger partial charge < -0.3 is 18.5 Å². The van der Waals surface area contributed by atoms with Gasteiger partial charge in [-0.15, -0.1) is 0 Å². The van der Waals surface area contributed by atoms with Gasteiger partial charge in [0.05, 0.1) is 33.9 Å². The highest BCUT2D eigenvalue weighted by molar-refractivity contribution is 7.80. The third-order valence-electron chi connectivity index (χ3n) is 8.12. The Hall–Kier alpha value is -1.97. The molecule has 0 aliphatic rings. The second-order valence-corrected chi connectivity index (χ2v) is 16.4. The Kier molecular flexibility index (Phi) is 20.7. The zero-order chi connectivity index (χ0) is 35.2. The average Bonchev–Trinajstić information content (AvgIpc) is 2.97. The Morgan fingerprint density at radius 1 is 0.702 bits per heavy atom. The first-order valence-corrected chi connectivity index (χ1v) is 19.1. The van der Waals surface area contributed by atoms with Crippen molar-refractivity contribution in [1.29, 1.82) is 0 Å². The van der Waals surface area contributed by atoms with Crippen LogP contribution >= 0.6 is 0 Å². The molecule has 0 heterocycles. The first-order chi connectivity index (χ1) is 22.0. The number of hydrogen-bond donors (Lipinski definition) is 0. The monoisotopic (exact) mass is 677 g/mol. The zero-order valence-electron chi connectivity index (χ0n) is 31.0. The van der Waals surface area contributed by atoms with Crippen LogP contribution in [0.4, 0.5) is 0 Å². The van der Waals surface area contributed by atoms with Crippen LogP contribution in [0.1, 0.15) is 123 Å². The van der Waals surface area contributed by atoms with E-state index >= 15 is 0 Å². The summed E-state index contributed by atoms with van der Waals surface area (Å²) >= 11 is 0. The quantitative estimate of drug-likeness (QED) is 0.0504. The number of likely N-dealkylation sites (N-methyl/N-ethyl adjacent to an activating group) is 1. The standard InChI is InChI=1S/C27H42NO2.C12H26O4S/c1-26(2,3)22-27(4,5)24-13-15-25(16-14-24)30-20-19-29-18-17-28(6,7)21-23-11-9-8-10-12-23;1-2-3-4-5-6-7-8-9-10-11-12-16-17(13,14)15/h8-16H,17-22H2,1-7H3;2-12H2,1H3,(H,13,14,15)/q+1;/p-1. The van der Waals surface area contributed by atoms with E-state index < -0.39 is 10.4 Å². The summed E-state index contributed by atoms with van der Waals surface area (Å²) in [6.07, 6.45) is 12.8. The summed E-state index contributed by atoms with van der Waals surface area (Å²) in [4.78, 5) is 0. The van der Waals surface area contributed by atoms with Gasteiger partial charge in [0.25, 0.3) is 0 Å². The van der Waals surface area contributed by atoms with E-state index in [2.05, 4.69) is 114 Å². The van der Waals surface area contributed by atoms with Crippen molar-refractivity contribution in [1.82, 2.24) is 0 Å². The maximum Gasteiger partial charge on any atom is 0.217 e. The summed E-state index contributed by atoms with van der Waals surface area (Å²) in [5.41, 5.74) is 3.19. The molecule has 47 heavy (non-hydrogen) atoms. The first kappa shape index (κ1) is 43.1. The normalized spacial score (nSPS) is 12.4. The highest BCUT2D eigenvalue weighted by Gasteiger charge is 2.27. The molecule has 270 valence electrons. The molecule has 2 rings (SSSR count). The second-order valence-electron chi connectivity index (χ2n) is 15.3. The third-order valence-corrected chi connectivity index (χ3v) is 8.58. The zero-order valence-corrected chi connectivity index (χ0v) is 31.8. The molecule has 8 heteroatoms. The molecule has 0 N–H and O–H groups in total. The molecule has 0 radical (unpaired) electrons. The predicted octanol–water partition coefficient (Wildman–Crippen LogP) is 9.46. The highest BCUT2D eigenvalue weighted by Crippen LogP contribution is 2.36. The minimum atomic E-state index is -4.48. The lowest BCUT2D eigenvalue weighted by atomic mass is 9.72. The van der Waals surface area contributed by atoms with Crippen LogP contribution in [0.15, 0.2) is 54.6 Å². The van der Waals surface area contributed by atoms with E-state index in [4.69, 9.17) is 9.47 Å².